The molecule has 26 heavy (non-hydrogen) atoms. The van der Waals surface area contributed by atoms with E-state index < -0.39 is 0 Å². The van der Waals surface area contributed by atoms with Gasteiger partial charge in [-0.05, 0) is 50.0 Å². The van der Waals surface area contributed by atoms with Crippen LogP contribution in [-0.2, 0) is 4.74 Å². The smallest absolute Gasteiger partial charge is 0.249 e. The van der Waals surface area contributed by atoms with Crippen molar-refractivity contribution in [2.24, 2.45) is 0 Å². The molecule has 1 aliphatic rings. The van der Waals surface area contributed by atoms with Gasteiger partial charge in [-0.15, -0.1) is 0 Å². The zero-order chi connectivity index (χ0) is 17.8. The monoisotopic (exact) mass is 345 g/mol. The minimum Gasteiger partial charge on any atom is -0.473 e. The van der Waals surface area contributed by atoms with Crippen LogP contribution in [0.5, 0.6) is 5.88 Å². The van der Waals surface area contributed by atoms with Gasteiger partial charge < -0.3 is 9.47 Å². The fourth-order valence-electron chi connectivity index (χ4n) is 2.78. The Morgan fingerprint density at radius 1 is 1.15 bits per heavy atom. The first-order chi connectivity index (χ1) is 12.8. The maximum atomic E-state index is 5.91. The molecule has 5 heteroatoms. The summed E-state index contributed by atoms with van der Waals surface area (Å²) in [6.45, 7) is 3.30. The summed E-state index contributed by atoms with van der Waals surface area (Å²) >= 11 is 0. The number of benzene rings is 1. The molecule has 0 aliphatic carbocycles. The van der Waals surface area contributed by atoms with E-state index in [-0.39, 0.29) is 6.10 Å². The van der Waals surface area contributed by atoms with Crippen molar-refractivity contribution in [3.8, 4) is 17.7 Å². The largest absolute Gasteiger partial charge is 0.473 e. The van der Waals surface area contributed by atoms with Crippen LogP contribution >= 0.6 is 0 Å². The first-order valence-corrected chi connectivity index (χ1v) is 8.74. The summed E-state index contributed by atoms with van der Waals surface area (Å²) in [5.74, 6) is 6.65. The molecule has 4 rings (SSSR count). The van der Waals surface area contributed by atoms with Gasteiger partial charge in [-0.2, -0.15) is 0 Å². The van der Waals surface area contributed by atoms with Crippen LogP contribution in [0, 0.1) is 18.8 Å². The lowest BCUT2D eigenvalue weighted by atomic mass is 10.1. The van der Waals surface area contributed by atoms with Crippen molar-refractivity contribution in [3.63, 3.8) is 0 Å². The summed E-state index contributed by atoms with van der Waals surface area (Å²) in [5, 5.41) is 0. The Kier molecular flexibility index (Phi) is 4.76. The van der Waals surface area contributed by atoms with E-state index >= 15 is 0 Å². The molecule has 0 radical (unpaired) electrons. The number of nitrogens with zero attached hydrogens (tertiary/aromatic N) is 3. The molecule has 0 bridgehead atoms. The molecular weight excluding hydrogens is 326 g/mol. The molecule has 5 nitrogen and oxygen atoms in total. The van der Waals surface area contributed by atoms with Crippen molar-refractivity contribution in [3.05, 3.63) is 59.4 Å². The number of hydrogen-bond donors (Lipinski definition) is 0. The summed E-state index contributed by atoms with van der Waals surface area (Å²) in [4.78, 5) is 13.4. The zero-order valence-corrected chi connectivity index (χ0v) is 14.6. The fraction of sp³-hybridized carbons (Fsp3) is 0.286. The van der Waals surface area contributed by atoms with E-state index in [0.29, 0.717) is 29.3 Å². The summed E-state index contributed by atoms with van der Waals surface area (Å²) in [6, 6.07) is 11.7. The Morgan fingerprint density at radius 3 is 2.85 bits per heavy atom. The Labute approximate surface area is 152 Å². The minimum absolute atomic E-state index is 0.110. The molecule has 0 spiro atoms. The maximum Gasteiger partial charge on any atom is 0.249 e. The topological polar surface area (TPSA) is 57.1 Å². The van der Waals surface area contributed by atoms with Crippen molar-refractivity contribution in [1.29, 1.82) is 0 Å². The van der Waals surface area contributed by atoms with Gasteiger partial charge in [0.05, 0.1) is 6.10 Å². The van der Waals surface area contributed by atoms with Crippen LogP contribution in [0.2, 0.25) is 0 Å². The number of rotatable bonds is 3. The zero-order valence-electron chi connectivity index (χ0n) is 14.6. The first kappa shape index (κ1) is 16.5. The predicted molar refractivity (Wildman–Crippen MR) is 99.0 cm³/mol. The van der Waals surface area contributed by atoms with Crippen LogP contribution in [0.3, 0.4) is 0 Å². The van der Waals surface area contributed by atoms with Crippen LogP contribution in [-0.4, -0.2) is 34.3 Å². The molecule has 1 atom stereocenters. The molecule has 3 aromatic rings. The number of aryl methyl sites for hydroxylation is 1. The van der Waals surface area contributed by atoms with Crippen LogP contribution in [0.15, 0.2) is 42.6 Å². The average molecular weight is 345 g/mol. The third-order valence-electron chi connectivity index (χ3n) is 4.22. The molecule has 1 unspecified atom stereocenters. The Hall–Kier alpha value is -2.97. The Morgan fingerprint density at radius 2 is 2.04 bits per heavy atom. The summed E-state index contributed by atoms with van der Waals surface area (Å²) in [7, 11) is 0. The number of hydrogen-bond acceptors (Lipinski definition) is 5. The summed E-state index contributed by atoms with van der Waals surface area (Å²) < 4.78 is 11.5. The number of fused-ring (bicyclic) bond motifs is 1. The van der Waals surface area contributed by atoms with Gasteiger partial charge in [-0.1, -0.05) is 23.6 Å². The van der Waals surface area contributed by atoms with Gasteiger partial charge in [-0.3, -0.25) is 0 Å². The summed E-state index contributed by atoms with van der Waals surface area (Å²) in [5.41, 5.74) is 3.87. The first-order valence-electron chi connectivity index (χ1n) is 8.74. The molecule has 1 aliphatic heterocycles. The molecule has 0 amide bonds. The molecule has 0 N–H and O–H groups in total. The van der Waals surface area contributed by atoms with E-state index in [1.165, 1.54) is 5.56 Å². The van der Waals surface area contributed by atoms with Gasteiger partial charge in [0.1, 0.15) is 12.1 Å². The van der Waals surface area contributed by atoms with Crippen molar-refractivity contribution < 1.29 is 9.47 Å². The molecular formula is C21H19N3O2. The van der Waals surface area contributed by atoms with Crippen LogP contribution < -0.4 is 4.74 Å². The number of pyridine rings is 1. The minimum atomic E-state index is 0.110. The van der Waals surface area contributed by atoms with Crippen LogP contribution in [0.4, 0.5) is 0 Å². The average Bonchev–Trinajstić information content (AvgIpc) is 3.19. The van der Waals surface area contributed by atoms with E-state index in [1.807, 2.05) is 36.4 Å². The quantitative estimate of drug-likeness (QED) is 0.682. The number of aromatic nitrogens is 3. The van der Waals surface area contributed by atoms with E-state index in [2.05, 4.69) is 33.7 Å². The lowest BCUT2D eigenvalue weighted by Crippen LogP contribution is -2.17. The lowest BCUT2D eigenvalue weighted by molar-refractivity contribution is 0.0662. The maximum absolute atomic E-state index is 5.91. The second kappa shape index (κ2) is 7.51. The highest BCUT2D eigenvalue weighted by atomic mass is 16.5. The lowest BCUT2D eigenvalue weighted by Gasteiger charge is -2.11. The highest BCUT2D eigenvalue weighted by Crippen LogP contribution is 2.19. The van der Waals surface area contributed by atoms with Gasteiger partial charge in [0.15, 0.2) is 11.3 Å². The molecule has 2 aromatic heterocycles. The van der Waals surface area contributed by atoms with Gasteiger partial charge >= 0.3 is 0 Å². The van der Waals surface area contributed by atoms with E-state index in [1.54, 1.807) is 6.20 Å². The van der Waals surface area contributed by atoms with E-state index in [4.69, 9.17) is 9.47 Å². The van der Waals surface area contributed by atoms with Crippen molar-refractivity contribution in [2.45, 2.75) is 25.9 Å². The van der Waals surface area contributed by atoms with Gasteiger partial charge in [0.25, 0.3) is 0 Å². The Bertz CT molecular complexity index is 968. The second-order valence-electron chi connectivity index (χ2n) is 6.29. The van der Waals surface area contributed by atoms with E-state index in [9.17, 15) is 0 Å². The SMILES string of the molecule is Cc1ccc(C#Cc2nc3ncccc3nc2OCC2CCCO2)cc1. The normalized spacial score (nSPS) is 16.3. The van der Waals surface area contributed by atoms with Crippen molar-refractivity contribution in [1.82, 2.24) is 15.0 Å². The van der Waals surface area contributed by atoms with Crippen LogP contribution in [0.1, 0.15) is 29.7 Å². The number of ether oxygens (including phenoxy) is 2. The van der Waals surface area contributed by atoms with Gasteiger partial charge in [-0.25, -0.2) is 15.0 Å². The molecule has 1 aromatic carbocycles. The molecule has 130 valence electrons. The highest BCUT2D eigenvalue weighted by molar-refractivity contribution is 5.71. The van der Waals surface area contributed by atoms with Crippen molar-refractivity contribution in [2.75, 3.05) is 13.2 Å². The fourth-order valence-corrected chi connectivity index (χ4v) is 2.78. The standard InChI is InChI=1S/C21H19N3O2/c1-15-6-8-16(9-7-15)10-11-19-21(26-14-17-4-3-13-25-17)24-18-5-2-12-22-20(18)23-19/h2,5-9,12,17H,3-4,13-14H2,1H3. The van der Waals surface area contributed by atoms with Gasteiger partial charge in [0.2, 0.25) is 5.88 Å². The third kappa shape index (κ3) is 3.81. The van der Waals surface area contributed by atoms with E-state index in [0.717, 1.165) is 25.0 Å². The van der Waals surface area contributed by atoms with Gasteiger partial charge in [0, 0.05) is 18.4 Å². The molecule has 3 heterocycles. The summed E-state index contributed by atoms with van der Waals surface area (Å²) in [6.07, 6.45) is 3.88. The predicted octanol–water partition coefficient (Wildman–Crippen LogP) is 3.29. The van der Waals surface area contributed by atoms with Crippen molar-refractivity contribution >= 4 is 11.2 Å². The molecule has 1 fully saturated rings. The van der Waals surface area contributed by atoms with Crippen LogP contribution in [0.25, 0.3) is 11.2 Å². The second-order valence-corrected chi connectivity index (χ2v) is 6.29. The third-order valence-corrected chi connectivity index (χ3v) is 4.22. The highest BCUT2D eigenvalue weighted by Gasteiger charge is 2.18. The molecule has 1 saturated heterocycles. The molecule has 0 saturated carbocycles. The Balaban J connectivity index is 1.66.